The van der Waals surface area contributed by atoms with Gasteiger partial charge in [0, 0.05) is 17.8 Å². The minimum Gasteiger partial charge on any atom is -0.269 e. The van der Waals surface area contributed by atoms with Gasteiger partial charge in [-0.2, -0.15) is 13.2 Å². The van der Waals surface area contributed by atoms with Crippen molar-refractivity contribution in [2.24, 2.45) is 0 Å². The molecule has 1 aromatic carbocycles. The fraction of sp³-hybridized carbons (Fsp3) is 0.0769. The van der Waals surface area contributed by atoms with Crippen LogP contribution in [-0.4, -0.2) is 10.5 Å². The van der Waals surface area contributed by atoms with E-state index in [0.717, 1.165) is 12.1 Å². The Morgan fingerprint density at radius 3 is 2.40 bits per heavy atom. The topological polar surface area (TPSA) is 39.1 Å². The van der Waals surface area contributed by atoms with Gasteiger partial charge in [0.1, 0.15) is 5.82 Å². The molecule has 0 saturated carbocycles. The number of rotatable bonds is 1. The minimum atomic E-state index is -4.68. The SMILES string of the molecule is O=C(c1cccc(F)c1)n1cc(C(F)(F)F)ccc1=O. The molecular formula is C13H7F4NO2. The lowest BCUT2D eigenvalue weighted by Gasteiger charge is -2.09. The summed E-state index contributed by atoms with van der Waals surface area (Å²) in [4.78, 5) is 23.4. The van der Waals surface area contributed by atoms with E-state index in [4.69, 9.17) is 0 Å². The Bertz CT molecular complexity index is 719. The van der Waals surface area contributed by atoms with Gasteiger partial charge in [-0.25, -0.2) is 8.96 Å². The number of pyridine rings is 1. The van der Waals surface area contributed by atoms with Crippen molar-refractivity contribution in [2.75, 3.05) is 0 Å². The molecule has 0 bridgehead atoms. The van der Waals surface area contributed by atoms with E-state index >= 15 is 0 Å². The van der Waals surface area contributed by atoms with Crippen LogP contribution in [0.4, 0.5) is 17.6 Å². The van der Waals surface area contributed by atoms with Crippen LogP contribution in [0.25, 0.3) is 0 Å². The Balaban J connectivity index is 2.52. The molecule has 7 heteroatoms. The summed E-state index contributed by atoms with van der Waals surface area (Å²) in [6, 6.07) is 5.57. The van der Waals surface area contributed by atoms with Gasteiger partial charge in [-0.05, 0) is 24.3 Å². The molecular weight excluding hydrogens is 278 g/mol. The van der Waals surface area contributed by atoms with Crippen LogP contribution in [0.2, 0.25) is 0 Å². The van der Waals surface area contributed by atoms with Crippen LogP contribution in [0.5, 0.6) is 0 Å². The molecule has 2 aromatic rings. The van der Waals surface area contributed by atoms with Gasteiger partial charge in [0.15, 0.2) is 0 Å². The molecule has 0 N–H and O–H groups in total. The van der Waals surface area contributed by atoms with Crippen molar-refractivity contribution in [3.05, 3.63) is 69.9 Å². The number of aromatic nitrogens is 1. The maximum Gasteiger partial charge on any atom is 0.417 e. The van der Waals surface area contributed by atoms with Gasteiger partial charge in [0.25, 0.3) is 11.5 Å². The third-order valence-corrected chi connectivity index (χ3v) is 2.53. The standard InChI is InChI=1S/C13H7F4NO2/c14-10-3-1-2-8(6-10)12(20)18-7-9(13(15,16)17)4-5-11(18)19/h1-7H. The van der Waals surface area contributed by atoms with Crippen LogP contribution in [-0.2, 0) is 6.18 Å². The smallest absolute Gasteiger partial charge is 0.269 e. The highest BCUT2D eigenvalue weighted by Gasteiger charge is 2.31. The normalized spacial score (nSPS) is 11.4. The van der Waals surface area contributed by atoms with Crippen molar-refractivity contribution >= 4 is 5.91 Å². The van der Waals surface area contributed by atoms with Crippen molar-refractivity contribution in [1.29, 1.82) is 0 Å². The molecule has 0 spiro atoms. The van der Waals surface area contributed by atoms with Gasteiger partial charge >= 0.3 is 6.18 Å². The molecule has 0 aliphatic rings. The zero-order valence-electron chi connectivity index (χ0n) is 9.82. The van der Waals surface area contributed by atoms with E-state index in [0.29, 0.717) is 22.9 Å². The quantitative estimate of drug-likeness (QED) is 0.756. The van der Waals surface area contributed by atoms with Crippen molar-refractivity contribution in [3.8, 4) is 0 Å². The second-order valence-corrected chi connectivity index (χ2v) is 3.94. The Labute approximate surface area is 110 Å². The summed E-state index contributed by atoms with van der Waals surface area (Å²) >= 11 is 0. The number of hydrogen-bond donors (Lipinski definition) is 0. The Hall–Kier alpha value is -2.44. The lowest BCUT2D eigenvalue weighted by Crippen LogP contribution is -2.27. The summed E-state index contributed by atoms with van der Waals surface area (Å²) < 4.78 is 50.9. The van der Waals surface area contributed by atoms with Crippen LogP contribution in [0.15, 0.2) is 47.4 Å². The third-order valence-electron chi connectivity index (χ3n) is 2.53. The van der Waals surface area contributed by atoms with Gasteiger partial charge < -0.3 is 0 Å². The van der Waals surface area contributed by atoms with Gasteiger partial charge in [-0.1, -0.05) is 6.07 Å². The molecule has 104 valence electrons. The summed E-state index contributed by atoms with van der Waals surface area (Å²) in [5.74, 6) is -1.75. The van der Waals surface area contributed by atoms with E-state index in [2.05, 4.69) is 0 Å². The Kier molecular flexibility index (Phi) is 3.44. The zero-order chi connectivity index (χ0) is 14.9. The van der Waals surface area contributed by atoms with Gasteiger partial charge in [0.05, 0.1) is 5.56 Å². The Morgan fingerprint density at radius 2 is 1.80 bits per heavy atom. The van der Waals surface area contributed by atoms with Crippen molar-refractivity contribution in [2.45, 2.75) is 6.18 Å². The maximum atomic E-state index is 13.0. The first kappa shape index (κ1) is 14.0. The van der Waals surface area contributed by atoms with E-state index in [-0.39, 0.29) is 5.56 Å². The molecule has 0 aliphatic carbocycles. The average Bonchev–Trinajstić information content (AvgIpc) is 2.37. The number of alkyl halides is 3. The predicted molar refractivity (Wildman–Crippen MR) is 61.8 cm³/mol. The highest BCUT2D eigenvalue weighted by Crippen LogP contribution is 2.28. The van der Waals surface area contributed by atoms with Crippen LogP contribution >= 0.6 is 0 Å². The number of hydrogen-bond acceptors (Lipinski definition) is 2. The van der Waals surface area contributed by atoms with Gasteiger partial charge in [-0.3, -0.25) is 9.59 Å². The number of carbonyl (C=O) groups excluding carboxylic acids is 1. The largest absolute Gasteiger partial charge is 0.417 e. The van der Waals surface area contributed by atoms with Crippen LogP contribution in [0.1, 0.15) is 15.9 Å². The predicted octanol–water partition coefficient (Wildman–Crippen LogP) is 2.69. The van der Waals surface area contributed by atoms with Gasteiger partial charge in [0.2, 0.25) is 0 Å². The van der Waals surface area contributed by atoms with E-state index < -0.39 is 29.0 Å². The van der Waals surface area contributed by atoms with E-state index in [1.54, 1.807) is 0 Å². The fourth-order valence-corrected chi connectivity index (χ4v) is 1.57. The lowest BCUT2D eigenvalue weighted by atomic mass is 10.2. The minimum absolute atomic E-state index is 0.216. The summed E-state index contributed by atoms with van der Waals surface area (Å²) in [5, 5.41) is 0. The summed E-state index contributed by atoms with van der Waals surface area (Å²) in [6.07, 6.45) is -4.28. The summed E-state index contributed by atoms with van der Waals surface area (Å²) in [5.41, 5.74) is -2.28. The second-order valence-electron chi connectivity index (χ2n) is 3.94. The van der Waals surface area contributed by atoms with Crippen LogP contribution in [0.3, 0.4) is 0 Å². The highest BCUT2D eigenvalue weighted by molar-refractivity contribution is 5.95. The van der Waals surface area contributed by atoms with Gasteiger partial charge in [-0.15, -0.1) is 0 Å². The molecule has 3 nitrogen and oxygen atoms in total. The van der Waals surface area contributed by atoms with Crippen LogP contribution < -0.4 is 5.56 Å². The van der Waals surface area contributed by atoms with Crippen molar-refractivity contribution in [3.63, 3.8) is 0 Å². The molecule has 1 heterocycles. The zero-order valence-corrected chi connectivity index (χ0v) is 9.82. The van der Waals surface area contributed by atoms with E-state index in [1.807, 2.05) is 0 Å². The number of nitrogens with zero attached hydrogens (tertiary/aromatic N) is 1. The molecule has 2 rings (SSSR count). The average molecular weight is 285 g/mol. The summed E-state index contributed by atoms with van der Waals surface area (Å²) in [7, 11) is 0. The number of carbonyl (C=O) groups is 1. The monoisotopic (exact) mass is 285 g/mol. The van der Waals surface area contributed by atoms with E-state index in [1.165, 1.54) is 12.1 Å². The molecule has 20 heavy (non-hydrogen) atoms. The lowest BCUT2D eigenvalue weighted by molar-refractivity contribution is -0.137. The first-order chi connectivity index (χ1) is 9.29. The molecule has 0 aliphatic heterocycles. The molecule has 0 amide bonds. The first-order valence-electron chi connectivity index (χ1n) is 5.39. The molecule has 1 aromatic heterocycles. The molecule has 0 saturated heterocycles. The number of benzene rings is 1. The molecule has 0 fully saturated rings. The summed E-state index contributed by atoms with van der Waals surface area (Å²) in [6.45, 7) is 0. The Morgan fingerprint density at radius 1 is 1.10 bits per heavy atom. The first-order valence-corrected chi connectivity index (χ1v) is 5.39. The third kappa shape index (κ3) is 2.76. The highest BCUT2D eigenvalue weighted by atomic mass is 19.4. The van der Waals surface area contributed by atoms with E-state index in [9.17, 15) is 27.2 Å². The molecule has 0 radical (unpaired) electrons. The number of halogens is 4. The fourth-order valence-electron chi connectivity index (χ4n) is 1.57. The maximum absolute atomic E-state index is 13.0. The second kappa shape index (κ2) is 4.92. The molecule has 0 atom stereocenters. The van der Waals surface area contributed by atoms with Crippen molar-refractivity contribution < 1.29 is 22.4 Å². The van der Waals surface area contributed by atoms with Crippen LogP contribution in [0, 0.1) is 5.82 Å². The van der Waals surface area contributed by atoms with Crippen molar-refractivity contribution in [1.82, 2.24) is 4.57 Å². The molecule has 0 unspecified atom stereocenters.